The molecule has 10 nitrogen and oxygen atoms in total. The van der Waals surface area contributed by atoms with Crippen molar-refractivity contribution < 1.29 is 37.2 Å². The van der Waals surface area contributed by atoms with E-state index in [2.05, 4.69) is 10.1 Å². The number of aliphatic hydroxyl groups excluding tert-OH is 2. The van der Waals surface area contributed by atoms with Gasteiger partial charge in [0.25, 0.3) is 11.9 Å². The van der Waals surface area contributed by atoms with Crippen molar-refractivity contribution in [2.75, 3.05) is 23.4 Å². The summed E-state index contributed by atoms with van der Waals surface area (Å²) in [6, 6.07) is 10.2. The molecule has 0 saturated carbocycles. The summed E-state index contributed by atoms with van der Waals surface area (Å²) in [7, 11) is 0. The van der Waals surface area contributed by atoms with Gasteiger partial charge in [0, 0.05) is 25.8 Å². The average molecular weight is 540 g/mol. The Morgan fingerprint density at radius 1 is 0.947 bits per heavy atom. The number of halogens is 4. The molecule has 204 valence electrons. The van der Waals surface area contributed by atoms with Crippen molar-refractivity contribution in [1.29, 1.82) is 0 Å². The molecular formula is C24H24F4N4O6. The van der Waals surface area contributed by atoms with Crippen molar-refractivity contribution >= 4 is 11.5 Å². The highest BCUT2D eigenvalue weighted by Crippen LogP contribution is 2.34. The van der Waals surface area contributed by atoms with Gasteiger partial charge in [-0.1, -0.05) is 18.2 Å². The number of ether oxygens (including phenoxy) is 2. The van der Waals surface area contributed by atoms with E-state index < -0.39 is 42.1 Å². The van der Waals surface area contributed by atoms with Crippen LogP contribution in [0.1, 0.15) is 12.0 Å². The van der Waals surface area contributed by atoms with Crippen LogP contribution in [0.25, 0.3) is 0 Å². The molecule has 1 aliphatic rings. The lowest BCUT2D eigenvalue weighted by Crippen LogP contribution is -2.44. The van der Waals surface area contributed by atoms with Crippen LogP contribution < -0.4 is 30.9 Å². The van der Waals surface area contributed by atoms with Gasteiger partial charge in [0.05, 0.1) is 13.2 Å². The fourth-order valence-electron chi connectivity index (χ4n) is 4.05. The summed E-state index contributed by atoms with van der Waals surface area (Å²) in [6.45, 7) is -1.01. The van der Waals surface area contributed by atoms with Crippen LogP contribution in [0.15, 0.2) is 58.1 Å². The van der Waals surface area contributed by atoms with E-state index in [1.807, 2.05) is 0 Å². The van der Waals surface area contributed by atoms with Gasteiger partial charge in [-0.2, -0.15) is 0 Å². The third-order valence-electron chi connectivity index (χ3n) is 5.65. The molecule has 0 saturated heterocycles. The minimum atomic E-state index is -4.92. The molecule has 2 heterocycles. The molecule has 0 aliphatic carbocycles. The molecule has 0 radical (unpaired) electrons. The number of hydrogen-bond acceptors (Lipinski definition) is 8. The molecule has 38 heavy (non-hydrogen) atoms. The van der Waals surface area contributed by atoms with Crippen molar-refractivity contribution in [3.05, 3.63) is 80.7 Å². The third kappa shape index (κ3) is 5.92. The Morgan fingerprint density at radius 3 is 2.32 bits per heavy atom. The van der Waals surface area contributed by atoms with Crippen LogP contribution in [0.4, 0.5) is 29.1 Å². The first-order chi connectivity index (χ1) is 18.1. The molecule has 1 aliphatic heterocycles. The summed E-state index contributed by atoms with van der Waals surface area (Å²) in [6.07, 6.45) is -6.00. The molecule has 0 spiro atoms. The molecule has 3 N–H and O–H groups in total. The maximum Gasteiger partial charge on any atom is 0.573 e. The fraction of sp³-hybridized carbons (Fsp3) is 0.333. The van der Waals surface area contributed by atoms with E-state index in [0.29, 0.717) is 5.56 Å². The van der Waals surface area contributed by atoms with E-state index in [9.17, 15) is 37.4 Å². The molecule has 14 heteroatoms. The van der Waals surface area contributed by atoms with Gasteiger partial charge in [0.1, 0.15) is 28.8 Å². The maximum atomic E-state index is 13.5. The van der Waals surface area contributed by atoms with Crippen LogP contribution >= 0.6 is 0 Å². The van der Waals surface area contributed by atoms with Crippen LogP contribution in [0.2, 0.25) is 0 Å². The number of benzene rings is 2. The topological polar surface area (TPSA) is 118 Å². The molecule has 0 fully saturated rings. The average Bonchev–Trinajstić information content (AvgIpc) is 3.20. The minimum absolute atomic E-state index is 0.00647. The summed E-state index contributed by atoms with van der Waals surface area (Å²) in [4.78, 5) is 28.0. The highest BCUT2D eigenvalue weighted by atomic mass is 19.4. The van der Waals surface area contributed by atoms with Crippen LogP contribution in [0.3, 0.4) is 0 Å². The number of anilines is 2. The zero-order valence-corrected chi connectivity index (χ0v) is 19.8. The quantitative estimate of drug-likeness (QED) is 0.335. The second-order valence-corrected chi connectivity index (χ2v) is 8.28. The Morgan fingerprint density at radius 2 is 1.66 bits per heavy atom. The van der Waals surface area contributed by atoms with Crippen molar-refractivity contribution in [1.82, 2.24) is 9.13 Å². The Kier molecular flexibility index (Phi) is 7.92. The molecular weight excluding hydrogens is 516 g/mol. The Balaban J connectivity index is 1.78. The van der Waals surface area contributed by atoms with Gasteiger partial charge in [-0.05, 0) is 36.2 Å². The Hall–Kier alpha value is -4.04. The van der Waals surface area contributed by atoms with Crippen LogP contribution in [-0.2, 0) is 19.6 Å². The fourth-order valence-corrected chi connectivity index (χ4v) is 4.05. The number of aliphatic hydroxyl groups is 2. The van der Waals surface area contributed by atoms with Crippen LogP contribution in [-0.4, -0.2) is 45.3 Å². The zero-order valence-electron chi connectivity index (χ0n) is 19.8. The van der Waals surface area contributed by atoms with Gasteiger partial charge in [0.15, 0.2) is 0 Å². The van der Waals surface area contributed by atoms with Gasteiger partial charge in [-0.25, -0.2) is 9.18 Å². The summed E-state index contributed by atoms with van der Waals surface area (Å²) in [5.41, 5.74) is -0.882. The first-order valence-electron chi connectivity index (χ1n) is 11.5. The first kappa shape index (κ1) is 27.0. The zero-order chi connectivity index (χ0) is 27.4. The van der Waals surface area contributed by atoms with Crippen molar-refractivity contribution in [2.24, 2.45) is 0 Å². The number of rotatable bonds is 10. The highest BCUT2D eigenvalue weighted by Gasteiger charge is 2.37. The van der Waals surface area contributed by atoms with Gasteiger partial charge in [-0.3, -0.25) is 13.9 Å². The predicted octanol–water partition coefficient (Wildman–Crippen LogP) is 2.22. The van der Waals surface area contributed by atoms with Crippen molar-refractivity contribution in [3.63, 3.8) is 0 Å². The van der Waals surface area contributed by atoms with Crippen LogP contribution in [0, 0.1) is 5.82 Å². The normalized spacial score (nSPS) is 14.8. The van der Waals surface area contributed by atoms with Gasteiger partial charge in [-0.15, -0.1) is 13.2 Å². The maximum absolute atomic E-state index is 13.5. The second kappa shape index (κ2) is 11.1. The third-order valence-corrected chi connectivity index (χ3v) is 5.65. The van der Waals surface area contributed by atoms with Crippen LogP contribution in [0.5, 0.6) is 11.5 Å². The van der Waals surface area contributed by atoms with E-state index in [1.54, 1.807) is 0 Å². The SMILES string of the molecule is O=c1c2c(n(CCO)c(=O)n1CCCO)NC(Oc1cccc(OC(F)(F)F)c1)N2Cc1ccc(F)cc1. The van der Waals surface area contributed by atoms with E-state index in [1.165, 1.54) is 41.3 Å². The standard InChI is InChI=1S/C24H24F4N4O6/c25-16-7-5-15(6-8-16)14-32-19-20(30(10-12-34)23(36)31(21(19)35)9-2-11-33)29-22(32)37-17-3-1-4-18(13-17)38-24(26,27)28/h1,3-8,13,22,29,33-34H,2,9-12,14H2. The molecule has 1 atom stereocenters. The molecule has 1 unspecified atom stereocenters. The van der Waals surface area contributed by atoms with Gasteiger partial charge in [0.2, 0.25) is 0 Å². The number of nitrogens with zero attached hydrogens (tertiary/aromatic N) is 3. The molecule has 1 aromatic heterocycles. The molecule has 4 rings (SSSR count). The lowest BCUT2D eigenvalue weighted by Gasteiger charge is -2.26. The number of nitrogens with one attached hydrogen (secondary N) is 1. The molecule has 3 aromatic rings. The molecule has 0 bridgehead atoms. The Bertz CT molecular complexity index is 1390. The smallest absolute Gasteiger partial charge is 0.452 e. The van der Waals surface area contributed by atoms with E-state index >= 15 is 0 Å². The van der Waals surface area contributed by atoms with Crippen molar-refractivity contribution in [3.8, 4) is 11.5 Å². The largest absolute Gasteiger partial charge is 0.573 e. The number of aromatic nitrogens is 2. The first-order valence-corrected chi connectivity index (χ1v) is 11.5. The number of fused-ring (bicyclic) bond motifs is 1. The van der Waals surface area contributed by atoms with E-state index in [-0.39, 0.29) is 49.9 Å². The van der Waals surface area contributed by atoms with E-state index in [4.69, 9.17) is 4.74 Å². The van der Waals surface area contributed by atoms with Gasteiger partial charge >= 0.3 is 12.1 Å². The highest BCUT2D eigenvalue weighted by molar-refractivity contribution is 5.71. The summed E-state index contributed by atoms with van der Waals surface area (Å²) in [5.74, 6) is -1.02. The molecule has 2 aromatic carbocycles. The lowest BCUT2D eigenvalue weighted by molar-refractivity contribution is -0.274. The number of hydrogen-bond donors (Lipinski definition) is 3. The summed E-state index contributed by atoms with van der Waals surface area (Å²) in [5, 5.41) is 21.7. The monoisotopic (exact) mass is 540 g/mol. The minimum Gasteiger partial charge on any atom is -0.452 e. The lowest BCUT2D eigenvalue weighted by atomic mass is 10.2. The van der Waals surface area contributed by atoms with E-state index in [0.717, 1.165) is 21.3 Å². The van der Waals surface area contributed by atoms with Crippen molar-refractivity contribution in [2.45, 2.75) is 38.8 Å². The summed E-state index contributed by atoms with van der Waals surface area (Å²) >= 11 is 0. The second-order valence-electron chi connectivity index (χ2n) is 8.28. The van der Waals surface area contributed by atoms with Gasteiger partial charge < -0.3 is 29.9 Å². The summed E-state index contributed by atoms with van der Waals surface area (Å²) < 4.78 is 63.5. The Labute approximate surface area is 212 Å². The number of alkyl halides is 3. The predicted molar refractivity (Wildman–Crippen MR) is 127 cm³/mol. The molecule has 0 amide bonds.